The van der Waals surface area contributed by atoms with Gasteiger partial charge in [-0.3, -0.25) is 4.79 Å². The van der Waals surface area contributed by atoms with E-state index in [1.807, 2.05) is 0 Å². The summed E-state index contributed by atoms with van der Waals surface area (Å²) < 4.78 is 22.1. The van der Waals surface area contributed by atoms with Gasteiger partial charge in [0.05, 0.1) is 18.6 Å². The lowest BCUT2D eigenvalue weighted by Crippen LogP contribution is -2.23. The van der Waals surface area contributed by atoms with Gasteiger partial charge in [-0.05, 0) is 38.8 Å². The molecule has 3 aromatic rings. The highest BCUT2D eigenvalue weighted by atomic mass is 16.5. The van der Waals surface area contributed by atoms with Crippen LogP contribution in [0.15, 0.2) is 44.2 Å². The fraction of sp³-hybridized carbons (Fsp3) is 0.400. The molecule has 1 aromatic carbocycles. The van der Waals surface area contributed by atoms with Crippen molar-refractivity contribution in [3.63, 3.8) is 0 Å². The molecule has 1 saturated carbocycles. The van der Waals surface area contributed by atoms with Crippen molar-refractivity contribution < 1.29 is 27.9 Å². The molecule has 2 heterocycles. The molecular formula is C25H27NO7. The van der Waals surface area contributed by atoms with Crippen molar-refractivity contribution in [1.82, 2.24) is 0 Å². The van der Waals surface area contributed by atoms with Gasteiger partial charge in [-0.2, -0.15) is 0 Å². The second-order valence-electron chi connectivity index (χ2n) is 7.91. The molecule has 0 unspecified atom stereocenters. The van der Waals surface area contributed by atoms with E-state index in [9.17, 15) is 14.4 Å². The SMILES string of the molecule is CCOC(=O)c1c(NC2CCCCC2)oc(-c2coc3ccccc3c2=O)c1C(=O)OCC. The number of furan rings is 1. The summed E-state index contributed by atoms with van der Waals surface area (Å²) >= 11 is 0. The van der Waals surface area contributed by atoms with Crippen LogP contribution in [0.1, 0.15) is 66.7 Å². The third-order valence-corrected chi connectivity index (χ3v) is 5.73. The molecule has 33 heavy (non-hydrogen) atoms. The lowest BCUT2D eigenvalue weighted by Gasteiger charge is -2.22. The minimum absolute atomic E-state index is 0.0268. The zero-order valence-electron chi connectivity index (χ0n) is 18.8. The number of ether oxygens (including phenoxy) is 2. The van der Waals surface area contributed by atoms with E-state index in [-0.39, 0.29) is 53.0 Å². The predicted octanol–water partition coefficient (Wildman–Crippen LogP) is 5.15. The Hall–Kier alpha value is -3.55. The van der Waals surface area contributed by atoms with Crippen molar-refractivity contribution in [2.45, 2.75) is 52.0 Å². The summed E-state index contributed by atoms with van der Waals surface area (Å²) in [6.07, 6.45) is 6.32. The summed E-state index contributed by atoms with van der Waals surface area (Å²) in [5.41, 5.74) is -0.156. The fourth-order valence-corrected chi connectivity index (χ4v) is 4.19. The maximum absolute atomic E-state index is 13.3. The van der Waals surface area contributed by atoms with Crippen LogP contribution in [-0.2, 0) is 9.47 Å². The first kappa shape index (κ1) is 22.6. The number of carbonyl (C=O) groups is 2. The average molecular weight is 453 g/mol. The summed E-state index contributed by atoms with van der Waals surface area (Å²) in [7, 11) is 0. The Labute approximate surface area is 190 Å². The number of hydrogen-bond acceptors (Lipinski definition) is 8. The maximum Gasteiger partial charge on any atom is 0.344 e. The van der Waals surface area contributed by atoms with Crippen LogP contribution in [0.25, 0.3) is 22.3 Å². The van der Waals surface area contributed by atoms with Crippen molar-refractivity contribution in [1.29, 1.82) is 0 Å². The standard InChI is InChI=1S/C25H27NO7/c1-3-30-24(28)19-20(25(29)31-4-2)23(26-15-10-6-5-7-11-15)33-22(19)17-14-32-18-13-9-8-12-16(18)21(17)27/h8-9,12-15,26H,3-7,10-11H2,1-2H3. The number of anilines is 1. The van der Waals surface area contributed by atoms with Gasteiger partial charge in [-0.15, -0.1) is 0 Å². The smallest absolute Gasteiger partial charge is 0.344 e. The molecule has 0 radical (unpaired) electrons. The monoisotopic (exact) mass is 453 g/mol. The highest BCUT2D eigenvalue weighted by Gasteiger charge is 2.35. The molecule has 2 aromatic heterocycles. The van der Waals surface area contributed by atoms with E-state index in [4.69, 9.17) is 18.3 Å². The number of nitrogens with one attached hydrogen (secondary N) is 1. The summed E-state index contributed by atoms with van der Waals surface area (Å²) in [5, 5.41) is 3.60. The summed E-state index contributed by atoms with van der Waals surface area (Å²) in [6, 6.07) is 6.86. The van der Waals surface area contributed by atoms with Crippen LogP contribution >= 0.6 is 0 Å². The van der Waals surface area contributed by atoms with Crippen molar-refractivity contribution in [3.8, 4) is 11.3 Å². The highest BCUT2D eigenvalue weighted by molar-refractivity contribution is 6.10. The van der Waals surface area contributed by atoms with E-state index in [0.29, 0.717) is 11.0 Å². The second kappa shape index (κ2) is 9.94. The Morgan fingerprint density at radius 2 is 1.67 bits per heavy atom. The molecule has 1 aliphatic rings. The molecule has 0 amide bonds. The first-order valence-electron chi connectivity index (χ1n) is 11.3. The first-order chi connectivity index (χ1) is 16.0. The molecule has 0 aliphatic heterocycles. The number of carbonyl (C=O) groups excluding carboxylic acids is 2. The Morgan fingerprint density at radius 3 is 2.36 bits per heavy atom. The summed E-state index contributed by atoms with van der Waals surface area (Å²) in [4.78, 5) is 39.2. The van der Waals surface area contributed by atoms with Gasteiger partial charge in [0.15, 0.2) is 5.76 Å². The normalized spacial score (nSPS) is 14.2. The molecule has 8 heteroatoms. The van der Waals surface area contributed by atoms with Crippen LogP contribution in [0.4, 0.5) is 5.88 Å². The maximum atomic E-state index is 13.3. The fourth-order valence-electron chi connectivity index (χ4n) is 4.19. The molecular weight excluding hydrogens is 426 g/mol. The van der Waals surface area contributed by atoms with Gasteiger partial charge in [0.2, 0.25) is 11.3 Å². The number of fused-ring (bicyclic) bond motifs is 1. The number of hydrogen-bond donors (Lipinski definition) is 1. The third kappa shape index (κ3) is 4.51. The largest absolute Gasteiger partial charge is 0.463 e. The van der Waals surface area contributed by atoms with E-state index in [1.165, 1.54) is 6.26 Å². The van der Waals surface area contributed by atoms with Crippen LogP contribution in [0.3, 0.4) is 0 Å². The summed E-state index contributed by atoms with van der Waals surface area (Å²) in [5.74, 6) is -1.47. The van der Waals surface area contributed by atoms with E-state index in [1.54, 1.807) is 38.1 Å². The van der Waals surface area contributed by atoms with Gasteiger partial charge in [-0.1, -0.05) is 31.4 Å². The van der Waals surface area contributed by atoms with Gasteiger partial charge in [-0.25, -0.2) is 9.59 Å². The molecule has 0 bridgehead atoms. The number of para-hydroxylation sites is 1. The lowest BCUT2D eigenvalue weighted by molar-refractivity contribution is 0.0481. The number of esters is 2. The van der Waals surface area contributed by atoms with Crippen LogP contribution in [0, 0.1) is 0 Å². The zero-order chi connectivity index (χ0) is 23.4. The lowest BCUT2D eigenvalue weighted by atomic mass is 9.95. The van der Waals surface area contributed by atoms with Crippen LogP contribution in [0.5, 0.6) is 0 Å². The van der Waals surface area contributed by atoms with Gasteiger partial charge >= 0.3 is 11.9 Å². The average Bonchev–Trinajstić information content (AvgIpc) is 3.19. The molecule has 1 N–H and O–H groups in total. The molecule has 8 nitrogen and oxygen atoms in total. The molecule has 0 atom stereocenters. The number of benzene rings is 1. The minimum atomic E-state index is -0.774. The molecule has 1 fully saturated rings. The number of rotatable bonds is 7. The van der Waals surface area contributed by atoms with Crippen LogP contribution in [-0.4, -0.2) is 31.2 Å². The molecule has 174 valence electrons. The van der Waals surface area contributed by atoms with Crippen LogP contribution < -0.4 is 10.7 Å². The quantitative estimate of drug-likeness (QED) is 0.489. The Kier molecular flexibility index (Phi) is 6.82. The van der Waals surface area contributed by atoms with Gasteiger partial charge < -0.3 is 23.6 Å². The third-order valence-electron chi connectivity index (χ3n) is 5.73. The molecule has 0 spiro atoms. The van der Waals surface area contributed by atoms with E-state index in [2.05, 4.69) is 5.32 Å². The van der Waals surface area contributed by atoms with Crippen molar-refractivity contribution in [3.05, 3.63) is 51.9 Å². The Balaban J connectivity index is 1.92. The van der Waals surface area contributed by atoms with Gasteiger partial charge in [0.25, 0.3) is 0 Å². The zero-order valence-corrected chi connectivity index (χ0v) is 18.8. The Bertz CT molecular complexity index is 1220. The topological polar surface area (TPSA) is 108 Å². The van der Waals surface area contributed by atoms with E-state index < -0.39 is 11.9 Å². The molecule has 0 saturated heterocycles. The Morgan fingerprint density at radius 1 is 1.00 bits per heavy atom. The second-order valence-corrected chi connectivity index (χ2v) is 7.91. The van der Waals surface area contributed by atoms with Crippen molar-refractivity contribution in [2.24, 2.45) is 0 Å². The molecule has 1 aliphatic carbocycles. The minimum Gasteiger partial charge on any atom is -0.463 e. The summed E-state index contributed by atoms with van der Waals surface area (Å²) in [6.45, 7) is 3.54. The van der Waals surface area contributed by atoms with Crippen molar-refractivity contribution in [2.75, 3.05) is 18.5 Å². The van der Waals surface area contributed by atoms with Crippen LogP contribution in [0.2, 0.25) is 0 Å². The first-order valence-corrected chi connectivity index (χ1v) is 11.3. The van der Waals surface area contributed by atoms with Crippen molar-refractivity contribution >= 4 is 28.8 Å². The van der Waals surface area contributed by atoms with Gasteiger partial charge in [0.1, 0.15) is 28.5 Å². The molecule has 4 rings (SSSR count). The predicted molar refractivity (Wildman–Crippen MR) is 123 cm³/mol. The highest BCUT2D eigenvalue weighted by Crippen LogP contribution is 2.37. The van der Waals surface area contributed by atoms with E-state index >= 15 is 0 Å². The van der Waals surface area contributed by atoms with E-state index in [0.717, 1.165) is 32.1 Å². The van der Waals surface area contributed by atoms with Gasteiger partial charge in [0, 0.05) is 6.04 Å².